The molecule has 4 aromatic rings. The number of nitrogens with two attached hydrogens (primary N) is 1. The first-order valence-corrected chi connectivity index (χ1v) is 11.6. The van der Waals surface area contributed by atoms with E-state index in [2.05, 4.69) is 16.0 Å². The van der Waals surface area contributed by atoms with Gasteiger partial charge in [-0.2, -0.15) is 0 Å². The molecule has 0 bridgehead atoms. The zero-order chi connectivity index (χ0) is 22.8. The molecule has 2 aromatic carbocycles. The van der Waals surface area contributed by atoms with Crippen LogP contribution in [-0.2, 0) is 13.2 Å². The molecule has 168 valence electrons. The Morgan fingerprint density at radius 1 is 1.06 bits per heavy atom. The van der Waals surface area contributed by atoms with Crippen LogP contribution in [0.2, 0.25) is 0 Å². The van der Waals surface area contributed by atoms with Gasteiger partial charge in [0.2, 0.25) is 0 Å². The lowest BCUT2D eigenvalue weighted by Crippen LogP contribution is -2.07. The Bertz CT molecular complexity index is 1320. The summed E-state index contributed by atoms with van der Waals surface area (Å²) in [5, 5.41) is 0.557. The summed E-state index contributed by atoms with van der Waals surface area (Å²) in [5.74, 6) is 0.433. The number of fused-ring (bicyclic) bond motifs is 3. The summed E-state index contributed by atoms with van der Waals surface area (Å²) in [4.78, 5) is 8.89. The normalized spacial score (nSPS) is 14.8. The quantitative estimate of drug-likeness (QED) is 0.424. The van der Waals surface area contributed by atoms with Crippen molar-refractivity contribution in [3.8, 4) is 11.5 Å². The van der Waals surface area contributed by atoms with Crippen LogP contribution in [0.15, 0.2) is 60.8 Å². The second-order valence-corrected chi connectivity index (χ2v) is 8.83. The number of ether oxygens (including phenoxy) is 2. The topological polar surface area (TPSA) is 70.3 Å². The van der Waals surface area contributed by atoms with Gasteiger partial charge in [0.25, 0.3) is 0 Å². The van der Waals surface area contributed by atoms with Crippen LogP contribution in [0.5, 0.6) is 11.5 Å². The fraction of sp³-hybridized carbons (Fsp3) is 0.200. The van der Waals surface area contributed by atoms with E-state index in [1.165, 1.54) is 0 Å². The molecule has 3 heterocycles. The number of nitrogens with zero attached hydrogens (tertiary/aromatic N) is 2. The van der Waals surface area contributed by atoms with E-state index in [1.807, 2.05) is 24.3 Å². The molecule has 0 aliphatic carbocycles. The van der Waals surface area contributed by atoms with E-state index >= 15 is 0 Å². The van der Waals surface area contributed by atoms with E-state index in [0.717, 1.165) is 40.5 Å². The highest BCUT2D eigenvalue weighted by Crippen LogP contribution is 2.44. The number of aromatic nitrogens is 2. The number of thioether (sulfide) groups is 1. The molecule has 1 aliphatic rings. The van der Waals surface area contributed by atoms with Crippen LogP contribution in [0.4, 0.5) is 8.78 Å². The molecule has 5 rings (SSSR count). The Hall–Kier alpha value is -3.23. The Balaban J connectivity index is 1.41. The number of hydrogen-bond donors (Lipinski definition) is 1. The number of rotatable bonds is 6. The maximum atomic E-state index is 13.6. The van der Waals surface area contributed by atoms with Crippen LogP contribution in [0, 0.1) is 11.6 Å². The molecule has 0 fully saturated rings. The molecule has 2 N–H and O–H groups in total. The first-order chi connectivity index (χ1) is 16.1. The lowest BCUT2D eigenvalue weighted by atomic mass is 10.0. The third-order valence-electron chi connectivity index (χ3n) is 5.41. The molecule has 0 saturated heterocycles. The zero-order valence-electron chi connectivity index (χ0n) is 17.6. The number of benzene rings is 2. The van der Waals surface area contributed by atoms with Crippen LogP contribution in [0.25, 0.3) is 10.9 Å². The zero-order valence-corrected chi connectivity index (χ0v) is 18.4. The molecule has 1 unspecified atom stereocenters. The summed E-state index contributed by atoms with van der Waals surface area (Å²) in [6.07, 6.45) is 1.77. The maximum Gasteiger partial charge on any atom is 0.161 e. The molecule has 8 heteroatoms. The second-order valence-electron chi connectivity index (χ2n) is 7.62. The van der Waals surface area contributed by atoms with Crippen molar-refractivity contribution in [3.63, 3.8) is 0 Å². The fourth-order valence-electron chi connectivity index (χ4n) is 3.84. The van der Waals surface area contributed by atoms with Crippen molar-refractivity contribution in [2.24, 2.45) is 5.73 Å². The van der Waals surface area contributed by atoms with Crippen molar-refractivity contribution in [1.29, 1.82) is 0 Å². The Morgan fingerprint density at radius 3 is 2.82 bits per heavy atom. The van der Waals surface area contributed by atoms with Crippen LogP contribution in [0.1, 0.15) is 27.8 Å². The average molecular weight is 466 g/mol. The van der Waals surface area contributed by atoms with Crippen molar-refractivity contribution in [2.45, 2.75) is 18.5 Å². The van der Waals surface area contributed by atoms with E-state index in [9.17, 15) is 8.78 Å². The summed E-state index contributed by atoms with van der Waals surface area (Å²) in [6, 6.07) is 15.4. The number of hydrogen-bond acceptors (Lipinski definition) is 6. The summed E-state index contributed by atoms with van der Waals surface area (Å²) >= 11 is 1.74. The summed E-state index contributed by atoms with van der Waals surface area (Å²) < 4.78 is 39.1. The van der Waals surface area contributed by atoms with Gasteiger partial charge < -0.3 is 15.2 Å². The van der Waals surface area contributed by atoms with Crippen molar-refractivity contribution in [1.82, 2.24) is 9.97 Å². The third-order valence-corrected chi connectivity index (χ3v) is 6.73. The predicted octanol–water partition coefficient (Wildman–Crippen LogP) is 5.16. The van der Waals surface area contributed by atoms with Crippen LogP contribution in [0.3, 0.4) is 0 Å². The average Bonchev–Trinajstić information content (AvgIpc) is 2.98. The molecular weight excluding hydrogens is 444 g/mol. The van der Waals surface area contributed by atoms with E-state index in [1.54, 1.807) is 30.1 Å². The highest BCUT2D eigenvalue weighted by molar-refractivity contribution is 7.99. The van der Waals surface area contributed by atoms with E-state index in [-0.39, 0.29) is 11.9 Å². The fourth-order valence-corrected chi connectivity index (χ4v) is 4.97. The van der Waals surface area contributed by atoms with Gasteiger partial charge in [0.05, 0.1) is 22.2 Å². The lowest BCUT2D eigenvalue weighted by molar-refractivity contribution is 0.293. The van der Waals surface area contributed by atoms with Gasteiger partial charge in [-0.05, 0) is 42.0 Å². The van der Waals surface area contributed by atoms with Crippen molar-refractivity contribution >= 4 is 22.7 Å². The first-order valence-electron chi connectivity index (χ1n) is 10.5. The van der Waals surface area contributed by atoms with E-state index in [0.29, 0.717) is 35.5 Å². The van der Waals surface area contributed by atoms with Gasteiger partial charge in [0.15, 0.2) is 11.6 Å². The highest BCUT2D eigenvalue weighted by atomic mass is 32.2. The van der Waals surface area contributed by atoms with Gasteiger partial charge in [0.1, 0.15) is 24.7 Å². The van der Waals surface area contributed by atoms with Gasteiger partial charge in [-0.25, -0.2) is 13.8 Å². The molecule has 2 aromatic heterocycles. The van der Waals surface area contributed by atoms with Crippen LogP contribution < -0.4 is 15.2 Å². The molecule has 0 amide bonds. The molecule has 1 atom stereocenters. The molecule has 0 radical (unpaired) electrons. The van der Waals surface area contributed by atoms with Gasteiger partial charge in [-0.15, -0.1) is 11.8 Å². The maximum absolute atomic E-state index is 13.6. The van der Waals surface area contributed by atoms with Gasteiger partial charge in [-0.1, -0.05) is 12.1 Å². The minimum absolute atomic E-state index is 0.0231. The highest BCUT2D eigenvalue weighted by Gasteiger charge is 2.26. The Morgan fingerprint density at radius 2 is 1.94 bits per heavy atom. The molecule has 33 heavy (non-hydrogen) atoms. The third kappa shape index (κ3) is 4.49. The minimum atomic E-state index is -0.922. The van der Waals surface area contributed by atoms with Crippen LogP contribution in [-0.4, -0.2) is 22.3 Å². The van der Waals surface area contributed by atoms with E-state index < -0.39 is 11.6 Å². The number of halogens is 2. The smallest absolute Gasteiger partial charge is 0.161 e. The van der Waals surface area contributed by atoms with Gasteiger partial charge in [0, 0.05) is 35.5 Å². The second kappa shape index (κ2) is 9.33. The summed E-state index contributed by atoms with van der Waals surface area (Å²) in [7, 11) is 0. The Labute approximate surface area is 194 Å². The lowest BCUT2D eigenvalue weighted by Gasteiger charge is -2.19. The standard InChI is InChI=1S/C25H21F2N3O2S/c26-20-10-15-3-4-16(30-22(15)12-21(20)27)13-31-17-5-6-24-19(11-17)25(33-9-7-28)18-2-1-8-29-23(18)14-32-24/h1-6,8,10-12,25H,7,9,13-14,28H2. The largest absolute Gasteiger partial charge is 0.487 e. The molecule has 0 spiro atoms. The van der Waals surface area contributed by atoms with Crippen LogP contribution >= 0.6 is 11.8 Å². The first kappa shape index (κ1) is 21.6. The monoisotopic (exact) mass is 465 g/mol. The summed E-state index contributed by atoms with van der Waals surface area (Å²) in [6.45, 7) is 1.16. The molecular formula is C25H21F2N3O2S. The Kier molecular flexibility index (Phi) is 6.11. The molecule has 5 nitrogen and oxygen atoms in total. The van der Waals surface area contributed by atoms with Crippen molar-refractivity contribution < 1.29 is 18.3 Å². The van der Waals surface area contributed by atoms with Crippen molar-refractivity contribution in [3.05, 3.63) is 94.9 Å². The van der Waals surface area contributed by atoms with Gasteiger partial charge in [-0.3, -0.25) is 4.98 Å². The molecule has 1 aliphatic heterocycles. The van der Waals surface area contributed by atoms with Gasteiger partial charge >= 0.3 is 0 Å². The van der Waals surface area contributed by atoms with Crippen molar-refractivity contribution in [2.75, 3.05) is 12.3 Å². The minimum Gasteiger partial charge on any atom is -0.487 e. The SMILES string of the molecule is NCCSC1c2cc(OCc3ccc4cc(F)c(F)cc4n3)ccc2OCc2ncccc21. The van der Waals surface area contributed by atoms with E-state index in [4.69, 9.17) is 15.2 Å². The number of pyridine rings is 2. The predicted molar refractivity (Wildman–Crippen MR) is 124 cm³/mol. The molecule has 0 saturated carbocycles. The summed E-state index contributed by atoms with van der Waals surface area (Å²) in [5.41, 5.74) is 9.80.